The molecule has 0 aliphatic carbocycles. The lowest BCUT2D eigenvalue weighted by atomic mass is 10.1. The zero-order valence-electron chi connectivity index (χ0n) is 10.5. The Morgan fingerprint density at radius 1 is 1.17 bits per heavy atom. The summed E-state index contributed by atoms with van der Waals surface area (Å²) < 4.78 is 14.1. The fourth-order valence-electron chi connectivity index (χ4n) is 1.64. The van der Waals surface area contributed by atoms with Gasteiger partial charge in [0.25, 0.3) is 0 Å². The Bertz CT molecular complexity index is 305. The number of nitrogens with zero attached hydrogens (tertiary/aromatic N) is 1. The van der Waals surface area contributed by atoms with E-state index in [9.17, 15) is 14.4 Å². The van der Waals surface area contributed by atoms with Crippen molar-refractivity contribution in [3.05, 3.63) is 0 Å². The van der Waals surface area contributed by atoms with Gasteiger partial charge in [-0.15, -0.1) is 0 Å². The molecule has 7 heteroatoms. The lowest BCUT2D eigenvalue weighted by Crippen LogP contribution is -2.43. The number of carbonyl (C=O) groups excluding carboxylic acids is 3. The topological polar surface area (TPSA) is 82.1 Å². The highest BCUT2D eigenvalue weighted by atomic mass is 16.5. The zero-order valence-corrected chi connectivity index (χ0v) is 10.5. The van der Waals surface area contributed by atoms with E-state index in [0.717, 1.165) is 4.90 Å². The molecule has 1 heterocycles. The van der Waals surface area contributed by atoms with Gasteiger partial charge in [-0.05, 0) is 6.42 Å². The van der Waals surface area contributed by atoms with Gasteiger partial charge in [0.2, 0.25) is 5.91 Å². The third kappa shape index (κ3) is 3.99. The lowest BCUT2D eigenvalue weighted by molar-refractivity contribution is -0.153. The summed E-state index contributed by atoms with van der Waals surface area (Å²) >= 11 is 0. The van der Waals surface area contributed by atoms with Crippen molar-refractivity contribution >= 4 is 17.8 Å². The molecule has 18 heavy (non-hydrogen) atoms. The number of hydrogen-bond acceptors (Lipinski definition) is 6. The van der Waals surface area contributed by atoms with Crippen molar-refractivity contribution in [3.8, 4) is 0 Å². The van der Waals surface area contributed by atoms with Crippen molar-refractivity contribution in [2.45, 2.75) is 6.42 Å². The minimum absolute atomic E-state index is 0.263. The van der Waals surface area contributed by atoms with Crippen LogP contribution in [0.4, 0.5) is 0 Å². The molecule has 1 aliphatic heterocycles. The predicted octanol–water partition coefficient (Wildman–Crippen LogP) is -0.802. The molecule has 0 aromatic rings. The first-order chi connectivity index (χ1) is 8.58. The Morgan fingerprint density at radius 2 is 1.72 bits per heavy atom. The minimum Gasteiger partial charge on any atom is -0.468 e. The summed E-state index contributed by atoms with van der Waals surface area (Å²) in [6.07, 6.45) is 0.595. The van der Waals surface area contributed by atoms with Crippen LogP contribution < -0.4 is 0 Å². The van der Waals surface area contributed by atoms with Crippen molar-refractivity contribution in [2.75, 3.05) is 40.5 Å². The Morgan fingerprint density at radius 3 is 2.11 bits per heavy atom. The van der Waals surface area contributed by atoms with Gasteiger partial charge in [-0.25, -0.2) is 0 Å². The number of esters is 2. The Labute approximate surface area is 105 Å². The van der Waals surface area contributed by atoms with Crippen molar-refractivity contribution < 1.29 is 28.6 Å². The van der Waals surface area contributed by atoms with E-state index in [1.165, 1.54) is 14.2 Å². The molecule has 1 unspecified atom stereocenters. The van der Waals surface area contributed by atoms with Crippen LogP contribution in [-0.4, -0.2) is 63.3 Å². The van der Waals surface area contributed by atoms with E-state index in [1.807, 2.05) is 0 Å². The van der Waals surface area contributed by atoms with Gasteiger partial charge in [0.05, 0.1) is 26.7 Å². The maximum absolute atomic E-state index is 12.1. The maximum Gasteiger partial charge on any atom is 0.325 e. The van der Waals surface area contributed by atoms with Gasteiger partial charge < -0.3 is 19.1 Å². The van der Waals surface area contributed by atoms with Crippen LogP contribution in [0.25, 0.3) is 0 Å². The van der Waals surface area contributed by atoms with Crippen LogP contribution in [0.1, 0.15) is 6.42 Å². The summed E-state index contributed by atoms with van der Waals surface area (Å²) in [6.45, 7) is 0.306. The number of carbonyl (C=O) groups is 3. The van der Waals surface area contributed by atoms with E-state index >= 15 is 0 Å². The predicted molar refractivity (Wildman–Crippen MR) is 59.5 cm³/mol. The van der Waals surface area contributed by atoms with Gasteiger partial charge >= 0.3 is 11.9 Å². The summed E-state index contributed by atoms with van der Waals surface area (Å²) in [4.78, 5) is 35.6. The highest BCUT2D eigenvalue weighted by Gasteiger charge is 2.30. The Kier molecular flexibility index (Phi) is 5.57. The number of hydrogen-bond donors (Lipinski definition) is 0. The van der Waals surface area contributed by atoms with E-state index in [1.54, 1.807) is 0 Å². The molecule has 1 fully saturated rings. The Balaban J connectivity index is 2.65. The number of rotatable bonds is 5. The smallest absolute Gasteiger partial charge is 0.325 e. The van der Waals surface area contributed by atoms with E-state index in [-0.39, 0.29) is 24.9 Å². The SMILES string of the molecule is COC(=O)CN(CC(=O)OC)C(=O)C1CCOC1. The fraction of sp³-hybridized carbons (Fsp3) is 0.727. The van der Waals surface area contributed by atoms with Gasteiger partial charge in [0, 0.05) is 6.61 Å². The first-order valence-electron chi connectivity index (χ1n) is 5.58. The first-order valence-corrected chi connectivity index (χ1v) is 5.58. The fourth-order valence-corrected chi connectivity index (χ4v) is 1.64. The van der Waals surface area contributed by atoms with Crippen LogP contribution in [0.2, 0.25) is 0 Å². The average Bonchev–Trinajstić information content (AvgIpc) is 2.90. The van der Waals surface area contributed by atoms with E-state index in [2.05, 4.69) is 9.47 Å². The van der Waals surface area contributed by atoms with Gasteiger partial charge in [0.15, 0.2) is 0 Å². The van der Waals surface area contributed by atoms with Crippen molar-refractivity contribution in [3.63, 3.8) is 0 Å². The van der Waals surface area contributed by atoms with Crippen LogP contribution in [0, 0.1) is 5.92 Å². The molecular weight excluding hydrogens is 242 g/mol. The lowest BCUT2D eigenvalue weighted by Gasteiger charge is -2.22. The molecule has 1 rings (SSSR count). The summed E-state index contributed by atoms with van der Waals surface area (Å²) in [5.74, 6) is -1.75. The van der Waals surface area contributed by atoms with Gasteiger partial charge in [-0.3, -0.25) is 14.4 Å². The van der Waals surface area contributed by atoms with Crippen molar-refractivity contribution in [1.82, 2.24) is 4.90 Å². The van der Waals surface area contributed by atoms with E-state index in [4.69, 9.17) is 4.74 Å². The number of ether oxygens (including phenoxy) is 3. The molecule has 0 aromatic heterocycles. The van der Waals surface area contributed by atoms with E-state index < -0.39 is 11.9 Å². The second-order valence-electron chi connectivity index (χ2n) is 3.91. The third-order valence-electron chi connectivity index (χ3n) is 2.69. The number of amides is 1. The van der Waals surface area contributed by atoms with Crippen LogP contribution in [0.5, 0.6) is 0 Å². The maximum atomic E-state index is 12.1. The van der Waals surface area contributed by atoms with E-state index in [0.29, 0.717) is 19.6 Å². The molecule has 0 saturated carbocycles. The highest BCUT2D eigenvalue weighted by Crippen LogP contribution is 2.15. The number of methoxy groups -OCH3 is 2. The summed E-state index contributed by atoms with van der Waals surface area (Å²) in [5.41, 5.74) is 0. The summed E-state index contributed by atoms with van der Waals surface area (Å²) in [5, 5.41) is 0. The van der Waals surface area contributed by atoms with Crippen LogP contribution >= 0.6 is 0 Å². The minimum atomic E-state index is -0.578. The molecule has 7 nitrogen and oxygen atoms in total. The molecular formula is C11H17NO6. The Hall–Kier alpha value is -1.63. The van der Waals surface area contributed by atoms with Crippen LogP contribution in [0.15, 0.2) is 0 Å². The molecule has 0 aromatic carbocycles. The third-order valence-corrected chi connectivity index (χ3v) is 2.69. The van der Waals surface area contributed by atoms with Crippen LogP contribution in [-0.2, 0) is 28.6 Å². The van der Waals surface area contributed by atoms with Crippen molar-refractivity contribution in [1.29, 1.82) is 0 Å². The second-order valence-corrected chi connectivity index (χ2v) is 3.91. The first kappa shape index (κ1) is 14.4. The van der Waals surface area contributed by atoms with Crippen LogP contribution in [0.3, 0.4) is 0 Å². The molecule has 0 spiro atoms. The standard InChI is InChI=1S/C11H17NO6/c1-16-9(13)5-12(6-10(14)17-2)11(15)8-3-4-18-7-8/h8H,3-7H2,1-2H3. The molecule has 0 radical (unpaired) electrons. The monoisotopic (exact) mass is 259 g/mol. The molecule has 102 valence electrons. The van der Waals surface area contributed by atoms with Gasteiger partial charge in [-0.1, -0.05) is 0 Å². The van der Waals surface area contributed by atoms with Gasteiger partial charge in [0.1, 0.15) is 13.1 Å². The normalized spacial score (nSPS) is 18.2. The van der Waals surface area contributed by atoms with Crippen molar-refractivity contribution in [2.24, 2.45) is 5.92 Å². The second kappa shape index (κ2) is 6.95. The molecule has 1 amide bonds. The molecule has 0 bridgehead atoms. The highest BCUT2D eigenvalue weighted by molar-refractivity contribution is 5.87. The molecule has 1 saturated heterocycles. The summed E-state index contributed by atoms with van der Waals surface area (Å²) in [6, 6.07) is 0. The molecule has 0 N–H and O–H groups in total. The quantitative estimate of drug-likeness (QED) is 0.601. The molecule has 1 aliphatic rings. The average molecular weight is 259 g/mol. The molecule has 1 atom stereocenters. The summed E-state index contributed by atoms with van der Waals surface area (Å²) in [7, 11) is 2.45. The van der Waals surface area contributed by atoms with Gasteiger partial charge in [-0.2, -0.15) is 0 Å². The largest absolute Gasteiger partial charge is 0.468 e. The zero-order chi connectivity index (χ0) is 13.5.